The molecule has 0 radical (unpaired) electrons. The molecule has 1 heterocycles. The molecular weight excluding hydrogens is 427 g/mol. The predicted octanol–water partition coefficient (Wildman–Crippen LogP) is 3.23. The maximum Gasteiger partial charge on any atom is 0.396 e. The van der Waals surface area contributed by atoms with E-state index in [-0.39, 0.29) is 10.6 Å². The average molecular weight is 434 g/mol. The Bertz CT molecular complexity index is 954. The minimum atomic E-state index is -3.91. The Morgan fingerprint density at radius 3 is 2.52 bits per heavy atom. The molecule has 0 saturated heterocycles. The zero-order valence-electron chi connectivity index (χ0n) is 10.3. The molecule has 0 atom stereocenters. The van der Waals surface area contributed by atoms with Crippen LogP contribution in [0.1, 0.15) is 0 Å². The van der Waals surface area contributed by atoms with Crippen molar-refractivity contribution in [2.75, 3.05) is 0 Å². The molecule has 1 aromatic heterocycles. The van der Waals surface area contributed by atoms with Crippen LogP contribution in [0.4, 0.5) is 0 Å². The van der Waals surface area contributed by atoms with Crippen LogP contribution < -0.4 is 9.12 Å². The maximum atomic E-state index is 12.1. The summed E-state index contributed by atoms with van der Waals surface area (Å²) in [4.78, 5) is 10.8. The van der Waals surface area contributed by atoms with Crippen LogP contribution in [-0.4, -0.2) is 8.42 Å². The Labute approximate surface area is 137 Å². The number of halogens is 1. The van der Waals surface area contributed by atoms with Crippen LogP contribution in [0.5, 0.6) is 5.75 Å². The third-order valence-electron chi connectivity index (χ3n) is 2.61. The van der Waals surface area contributed by atoms with Crippen molar-refractivity contribution in [3.05, 3.63) is 55.8 Å². The van der Waals surface area contributed by atoms with Crippen LogP contribution in [0.2, 0.25) is 0 Å². The second kappa shape index (κ2) is 5.43. The molecule has 0 aliphatic heterocycles. The maximum absolute atomic E-state index is 12.1. The number of fused-ring (bicyclic) bond motifs is 1. The second-order valence-electron chi connectivity index (χ2n) is 4.05. The molecule has 0 fully saturated rings. The Balaban J connectivity index is 1.96. The van der Waals surface area contributed by atoms with Crippen molar-refractivity contribution in [3.8, 4) is 5.75 Å². The van der Waals surface area contributed by atoms with E-state index in [4.69, 9.17) is 8.60 Å². The summed E-state index contributed by atoms with van der Waals surface area (Å²) in [6.45, 7) is 0. The second-order valence-corrected chi connectivity index (χ2v) is 7.82. The summed E-state index contributed by atoms with van der Waals surface area (Å²) in [5.74, 6) is 0.0996. The summed E-state index contributed by atoms with van der Waals surface area (Å²) in [6, 6.07) is 10.8. The highest BCUT2D eigenvalue weighted by atomic mass is 127. The van der Waals surface area contributed by atoms with Gasteiger partial charge < -0.3 is 8.60 Å². The van der Waals surface area contributed by atoms with E-state index in [0.29, 0.717) is 10.3 Å². The van der Waals surface area contributed by atoms with Gasteiger partial charge in [-0.15, -0.1) is 0 Å². The molecule has 0 spiro atoms. The monoisotopic (exact) mass is 434 g/mol. The summed E-state index contributed by atoms with van der Waals surface area (Å²) in [6.07, 6.45) is 0. The molecule has 8 heteroatoms. The van der Waals surface area contributed by atoms with Gasteiger partial charge in [0.25, 0.3) is 0 Å². The molecule has 0 unspecified atom stereocenters. The summed E-state index contributed by atoms with van der Waals surface area (Å²) in [7, 11) is -3.91. The topological polar surface area (TPSA) is 73.6 Å². The van der Waals surface area contributed by atoms with Gasteiger partial charge in [0.2, 0.25) is 0 Å². The van der Waals surface area contributed by atoms with Crippen molar-refractivity contribution >= 4 is 54.3 Å². The Morgan fingerprint density at radius 1 is 1.10 bits per heavy atom. The van der Waals surface area contributed by atoms with E-state index in [1.54, 1.807) is 18.2 Å². The highest BCUT2D eigenvalue weighted by Crippen LogP contribution is 2.25. The van der Waals surface area contributed by atoms with Gasteiger partial charge in [0, 0.05) is 9.64 Å². The fourth-order valence-corrected chi connectivity index (χ4v) is 3.61. The largest absolute Gasteiger partial charge is 0.414 e. The normalized spacial score (nSPS) is 11.7. The lowest BCUT2D eigenvalue weighted by molar-refractivity contribution is 0.485. The summed E-state index contributed by atoms with van der Waals surface area (Å²) in [5.41, 5.74) is 0.306. The van der Waals surface area contributed by atoms with Crippen LogP contribution in [0.15, 0.2) is 56.6 Å². The number of benzene rings is 2. The highest BCUT2D eigenvalue weighted by Gasteiger charge is 2.17. The molecule has 0 bridgehead atoms. The quantitative estimate of drug-likeness (QED) is 0.468. The summed E-state index contributed by atoms with van der Waals surface area (Å²) >= 11 is 3.03. The Morgan fingerprint density at radius 2 is 1.81 bits per heavy atom. The van der Waals surface area contributed by atoms with E-state index in [0.717, 1.165) is 14.9 Å². The lowest BCUT2D eigenvalue weighted by Crippen LogP contribution is -2.09. The lowest BCUT2D eigenvalue weighted by atomic mass is 10.3. The fraction of sp³-hybridized carbons (Fsp3) is 0. The van der Waals surface area contributed by atoms with E-state index in [9.17, 15) is 13.2 Å². The van der Waals surface area contributed by atoms with Crippen LogP contribution in [0.3, 0.4) is 0 Å². The first kappa shape index (κ1) is 14.5. The van der Waals surface area contributed by atoms with Gasteiger partial charge in [-0.2, -0.15) is 8.42 Å². The first-order valence-electron chi connectivity index (χ1n) is 5.68. The molecule has 0 aliphatic rings. The molecule has 3 aromatic rings. The smallest absolute Gasteiger partial charge is 0.396 e. The first-order valence-corrected chi connectivity index (χ1v) is 8.98. The Hall–Kier alpha value is -1.39. The van der Waals surface area contributed by atoms with Crippen LogP contribution in [0, 0.1) is 3.57 Å². The third kappa shape index (κ3) is 3.11. The molecule has 21 heavy (non-hydrogen) atoms. The van der Waals surface area contributed by atoms with Crippen molar-refractivity contribution in [3.63, 3.8) is 0 Å². The predicted molar refractivity (Wildman–Crippen MR) is 87.3 cm³/mol. The van der Waals surface area contributed by atoms with Crippen molar-refractivity contribution in [2.45, 2.75) is 4.90 Å². The van der Waals surface area contributed by atoms with E-state index in [1.807, 2.05) is 0 Å². The number of rotatable bonds is 3. The fourth-order valence-electron chi connectivity index (χ4n) is 1.68. The minimum absolute atomic E-state index is 0.0646. The lowest BCUT2D eigenvalue weighted by Gasteiger charge is -2.06. The van der Waals surface area contributed by atoms with E-state index in [2.05, 4.69) is 22.6 Å². The molecule has 0 aliphatic carbocycles. The van der Waals surface area contributed by atoms with Gasteiger partial charge in [0.15, 0.2) is 5.58 Å². The van der Waals surface area contributed by atoms with Gasteiger partial charge in [0.05, 0.1) is 4.70 Å². The molecule has 0 amide bonds. The molecular formula is C13H7IO5S2. The van der Waals surface area contributed by atoms with E-state index < -0.39 is 15.1 Å². The van der Waals surface area contributed by atoms with Crippen molar-refractivity contribution in [2.24, 2.45) is 0 Å². The zero-order chi connectivity index (χ0) is 15.0. The van der Waals surface area contributed by atoms with Gasteiger partial charge >= 0.3 is 15.1 Å². The summed E-state index contributed by atoms with van der Waals surface area (Å²) in [5, 5.41) is 0. The molecule has 0 N–H and O–H groups in total. The van der Waals surface area contributed by atoms with Crippen molar-refractivity contribution < 1.29 is 17.0 Å². The van der Waals surface area contributed by atoms with Crippen molar-refractivity contribution in [1.82, 2.24) is 0 Å². The van der Waals surface area contributed by atoms with Gasteiger partial charge in [-0.3, -0.25) is 0 Å². The minimum Gasteiger partial charge on any atom is -0.414 e. The standard InChI is InChI=1S/C13H7IO5S2/c14-8-1-4-10(5-2-8)21(16,17)19-9-3-6-12-11(7-9)18-13(15)20-12/h1-7H. The summed E-state index contributed by atoms with van der Waals surface area (Å²) < 4.78 is 35.8. The van der Waals surface area contributed by atoms with Crippen LogP contribution in [-0.2, 0) is 10.1 Å². The zero-order valence-corrected chi connectivity index (χ0v) is 14.1. The van der Waals surface area contributed by atoms with Gasteiger partial charge in [-0.05, 0) is 59.0 Å². The van der Waals surface area contributed by atoms with Gasteiger partial charge in [-0.1, -0.05) is 11.3 Å². The average Bonchev–Trinajstić information content (AvgIpc) is 2.78. The first-order chi connectivity index (χ1) is 9.94. The molecule has 5 nitrogen and oxygen atoms in total. The highest BCUT2D eigenvalue weighted by molar-refractivity contribution is 14.1. The molecule has 2 aromatic carbocycles. The molecule has 108 valence electrons. The molecule has 0 saturated carbocycles. The van der Waals surface area contributed by atoms with E-state index in [1.165, 1.54) is 24.3 Å². The molecule has 3 rings (SSSR count). The van der Waals surface area contributed by atoms with Crippen LogP contribution in [0.25, 0.3) is 10.3 Å². The number of hydrogen-bond donors (Lipinski definition) is 0. The van der Waals surface area contributed by atoms with Crippen molar-refractivity contribution in [1.29, 1.82) is 0 Å². The third-order valence-corrected chi connectivity index (χ3v) is 5.40. The number of hydrogen-bond acceptors (Lipinski definition) is 6. The Kier molecular flexibility index (Phi) is 3.76. The van der Waals surface area contributed by atoms with E-state index >= 15 is 0 Å². The SMILES string of the molecule is O=c1oc2cc(OS(=O)(=O)c3ccc(I)cc3)ccc2s1. The van der Waals surface area contributed by atoms with Gasteiger partial charge in [0.1, 0.15) is 10.6 Å². The van der Waals surface area contributed by atoms with Gasteiger partial charge in [-0.25, -0.2) is 4.79 Å². The van der Waals surface area contributed by atoms with Crippen LogP contribution >= 0.6 is 33.9 Å².